The van der Waals surface area contributed by atoms with Crippen molar-refractivity contribution in [1.29, 1.82) is 0 Å². The molecule has 0 spiro atoms. The monoisotopic (exact) mass is 435 g/mol. The molecule has 1 unspecified atom stereocenters. The van der Waals surface area contributed by atoms with Crippen LogP contribution in [0.15, 0.2) is 30.0 Å². The molecule has 1 fully saturated rings. The first-order chi connectivity index (χ1) is 13.3. The van der Waals surface area contributed by atoms with Gasteiger partial charge in [-0.3, -0.25) is 8.51 Å². The molecule has 0 aromatic carbocycles. The fourth-order valence-electron chi connectivity index (χ4n) is 4.27. The topological polar surface area (TPSA) is 134 Å². The van der Waals surface area contributed by atoms with E-state index in [-0.39, 0.29) is 25.1 Å². The molecule has 160 valence electrons. The first kappa shape index (κ1) is 21.7. The van der Waals surface area contributed by atoms with Gasteiger partial charge in [0, 0.05) is 17.5 Å². The maximum Gasteiger partial charge on any atom is 0.417 e. The second-order valence-electron chi connectivity index (χ2n) is 7.45. The third-order valence-corrected chi connectivity index (χ3v) is 6.49. The number of aliphatic hydroxyl groups is 2. The minimum atomic E-state index is -4.66. The first-order valence-electron chi connectivity index (χ1n) is 8.60. The van der Waals surface area contributed by atoms with Gasteiger partial charge in [0.15, 0.2) is 0 Å². The first-order valence-corrected chi connectivity index (χ1v) is 9.64. The zero-order valence-corrected chi connectivity index (χ0v) is 15.9. The molecule has 0 aliphatic heterocycles. The number of alkyl halides is 3. The molecule has 1 aromatic heterocycles. The summed E-state index contributed by atoms with van der Waals surface area (Å²) in [7, 11) is 0. The third-order valence-electron chi connectivity index (χ3n) is 5.59. The normalized spacial score (nSPS) is 33.0. The summed E-state index contributed by atoms with van der Waals surface area (Å²) in [6, 6.07) is 1.55. The summed E-state index contributed by atoms with van der Waals surface area (Å²) in [5.74, 6) is -2.63. The van der Waals surface area contributed by atoms with Crippen molar-refractivity contribution in [3.05, 3.63) is 35.5 Å². The Morgan fingerprint density at radius 3 is 2.52 bits per heavy atom. The number of carboxylic acids is 1. The zero-order chi connectivity index (χ0) is 21.8. The predicted molar refractivity (Wildman–Crippen MR) is 93.1 cm³/mol. The summed E-state index contributed by atoms with van der Waals surface area (Å²) in [6.45, 7) is 1.38. The standard InChI is InChI=1S/C17H19F3N2O6S/c1-15(6-9-2-4-12(23)16(9,26)11(7-15)14(24)25)22(29(27)28)13-5-3-10(8-21-13)17(18,19)20/h3,5,7-9,12,23,26H,2,4,6H2,1H3,(H,24,25)(H,27,28)/p-1/t9-,12-,15-,16+/m1/s1. The van der Waals surface area contributed by atoms with E-state index in [0.29, 0.717) is 16.6 Å². The number of carbonyl (C=O) groups is 1. The molecule has 3 rings (SSSR count). The number of fused-ring (bicyclic) bond motifs is 1. The number of aliphatic carboxylic acids is 1. The van der Waals surface area contributed by atoms with E-state index in [1.807, 2.05) is 0 Å². The molecule has 2 aliphatic carbocycles. The van der Waals surface area contributed by atoms with Crippen LogP contribution >= 0.6 is 0 Å². The summed E-state index contributed by atoms with van der Waals surface area (Å²) in [5, 5.41) is 30.5. The van der Waals surface area contributed by atoms with Gasteiger partial charge in [-0.1, -0.05) is 0 Å². The van der Waals surface area contributed by atoms with Gasteiger partial charge in [-0.2, -0.15) is 13.2 Å². The third kappa shape index (κ3) is 3.54. The van der Waals surface area contributed by atoms with E-state index in [9.17, 15) is 42.0 Å². The second-order valence-corrected chi connectivity index (χ2v) is 8.25. The van der Waals surface area contributed by atoms with Crippen LogP contribution in [0.1, 0.15) is 31.7 Å². The number of carboxylic acid groups (broad SMARTS) is 1. The van der Waals surface area contributed by atoms with Gasteiger partial charge < -0.3 is 19.9 Å². The second kappa shape index (κ2) is 7.04. The van der Waals surface area contributed by atoms with E-state index in [4.69, 9.17) is 0 Å². The average molecular weight is 435 g/mol. The number of nitrogens with zero attached hydrogens (tertiary/aromatic N) is 2. The maximum absolute atomic E-state index is 12.8. The van der Waals surface area contributed by atoms with Crippen LogP contribution in [0.25, 0.3) is 0 Å². The van der Waals surface area contributed by atoms with Crippen LogP contribution in [-0.4, -0.2) is 52.3 Å². The molecule has 0 bridgehead atoms. The van der Waals surface area contributed by atoms with Gasteiger partial charge in [-0.05, 0) is 50.3 Å². The maximum atomic E-state index is 12.8. The van der Waals surface area contributed by atoms with Crippen LogP contribution in [0.2, 0.25) is 0 Å². The van der Waals surface area contributed by atoms with Crippen LogP contribution in [0.3, 0.4) is 0 Å². The Kier molecular flexibility index (Phi) is 5.27. The summed E-state index contributed by atoms with van der Waals surface area (Å²) in [6.07, 6.45) is -4.16. The molecule has 29 heavy (non-hydrogen) atoms. The summed E-state index contributed by atoms with van der Waals surface area (Å²) in [5.41, 5.74) is -5.19. The van der Waals surface area contributed by atoms with Gasteiger partial charge in [0.1, 0.15) is 11.4 Å². The van der Waals surface area contributed by atoms with Crippen molar-refractivity contribution in [2.45, 2.75) is 49.6 Å². The molecule has 12 heteroatoms. The van der Waals surface area contributed by atoms with Crippen LogP contribution in [0.4, 0.5) is 19.0 Å². The molecule has 3 N–H and O–H groups in total. The zero-order valence-electron chi connectivity index (χ0n) is 15.1. The van der Waals surface area contributed by atoms with E-state index in [0.717, 1.165) is 12.1 Å². The lowest BCUT2D eigenvalue weighted by Gasteiger charge is -2.49. The number of anilines is 1. The van der Waals surface area contributed by atoms with E-state index in [1.165, 1.54) is 6.92 Å². The van der Waals surface area contributed by atoms with Crippen molar-refractivity contribution in [2.75, 3.05) is 4.31 Å². The van der Waals surface area contributed by atoms with Crippen molar-refractivity contribution < 1.29 is 42.0 Å². The van der Waals surface area contributed by atoms with Crippen molar-refractivity contribution in [1.82, 2.24) is 4.98 Å². The molecule has 1 saturated carbocycles. The molecule has 0 radical (unpaired) electrons. The molecule has 0 amide bonds. The highest BCUT2D eigenvalue weighted by atomic mass is 32.2. The van der Waals surface area contributed by atoms with Crippen molar-refractivity contribution >= 4 is 23.1 Å². The molecule has 1 heterocycles. The minimum Gasteiger partial charge on any atom is -0.755 e. The van der Waals surface area contributed by atoms with E-state index < -0.39 is 57.7 Å². The Morgan fingerprint density at radius 2 is 2.03 bits per heavy atom. The van der Waals surface area contributed by atoms with Gasteiger partial charge >= 0.3 is 12.1 Å². The smallest absolute Gasteiger partial charge is 0.417 e. The van der Waals surface area contributed by atoms with Gasteiger partial charge in [0.25, 0.3) is 0 Å². The summed E-state index contributed by atoms with van der Waals surface area (Å²) in [4.78, 5) is 15.4. The number of hydrogen-bond acceptors (Lipinski definition) is 6. The molecule has 8 nitrogen and oxygen atoms in total. The van der Waals surface area contributed by atoms with E-state index in [1.54, 1.807) is 0 Å². The molecular weight excluding hydrogens is 417 g/mol. The van der Waals surface area contributed by atoms with Crippen LogP contribution in [-0.2, 0) is 22.2 Å². The SMILES string of the molecule is C[C@]1(N(c2ccc(C(F)(F)F)cn2)S(=O)[O-])C=C(C(=O)O)[C@@]2(O)[C@H](CC[C@H]2O)C1. The Morgan fingerprint density at radius 1 is 1.38 bits per heavy atom. The number of halogens is 3. The van der Waals surface area contributed by atoms with Crippen molar-refractivity contribution in [2.24, 2.45) is 5.92 Å². The Labute approximate surface area is 166 Å². The van der Waals surface area contributed by atoms with E-state index in [2.05, 4.69) is 4.98 Å². The highest BCUT2D eigenvalue weighted by molar-refractivity contribution is 7.80. The van der Waals surface area contributed by atoms with Crippen LogP contribution in [0, 0.1) is 5.92 Å². The molecule has 0 saturated heterocycles. The lowest BCUT2D eigenvalue weighted by atomic mass is 9.69. The predicted octanol–water partition coefficient (Wildman–Crippen LogP) is 1.38. The lowest BCUT2D eigenvalue weighted by molar-refractivity contribution is -0.140. The fraction of sp³-hybridized carbons (Fsp3) is 0.529. The number of hydrogen-bond donors (Lipinski definition) is 3. The average Bonchev–Trinajstić information content (AvgIpc) is 2.89. The Hall–Kier alpha value is -2.02. The van der Waals surface area contributed by atoms with Gasteiger partial charge in [0.05, 0.1) is 22.8 Å². The minimum absolute atomic E-state index is 0.0615. The highest BCUT2D eigenvalue weighted by Crippen LogP contribution is 2.51. The molecule has 1 aromatic rings. The Bertz CT molecular complexity index is 877. The van der Waals surface area contributed by atoms with E-state index >= 15 is 0 Å². The number of aromatic nitrogens is 1. The van der Waals surface area contributed by atoms with Crippen molar-refractivity contribution in [3.8, 4) is 0 Å². The quantitative estimate of drug-likeness (QED) is 0.608. The van der Waals surface area contributed by atoms with Crippen LogP contribution < -0.4 is 4.31 Å². The van der Waals surface area contributed by atoms with Gasteiger partial charge in [0.2, 0.25) is 0 Å². The highest BCUT2D eigenvalue weighted by Gasteiger charge is 2.58. The summed E-state index contributed by atoms with van der Waals surface area (Å²) >= 11 is -3.02. The number of pyridine rings is 1. The molecule has 5 atom stereocenters. The largest absolute Gasteiger partial charge is 0.755 e. The van der Waals surface area contributed by atoms with Gasteiger partial charge in [-0.25, -0.2) is 9.78 Å². The lowest BCUT2D eigenvalue weighted by Crippen LogP contribution is -2.58. The Balaban J connectivity index is 2.10. The van der Waals surface area contributed by atoms with Gasteiger partial charge in [-0.15, -0.1) is 0 Å². The number of aliphatic hydroxyl groups excluding tert-OH is 1. The fourth-order valence-corrected chi connectivity index (χ4v) is 5.00. The molecule has 2 aliphatic rings. The van der Waals surface area contributed by atoms with Crippen molar-refractivity contribution in [3.63, 3.8) is 0 Å². The summed E-state index contributed by atoms with van der Waals surface area (Å²) < 4.78 is 63.0. The molecular formula is C17H18F3N2O6S-. The number of rotatable bonds is 4. The van der Waals surface area contributed by atoms with Crippen LogP contribution in [0.5, 0.6) is 0 Å².